The molecule has 126 valence electrons. The lowest BCUT2D eigenvalue weighted by Gasteiger charge is -2.09. The SMILES string of the molecule is CNC(=O)CNCC(=O)Nc1ccc(Oc2ccc(C)cc2)cc1. The summed E-state index contributed by atoms with van der Waals surface area (Å²) in [6, 6.07) is 14.9. The van der Waals surface area contributed by atoms with E-state index in [0.717, 1.165) is 5.75 Å². The highest BCUT2D eigenvalue weighted by Gasteiger charge is 2.04. The fourth-order valence-corrected chi connectivity index (χ4v) is 1.93. The predicted molar refractivity (Wildman–Crippen MR) is 93.3 cm³/mol. The van der Waals surface area contributed by atoms with E-state index < -0.39 is 0 Å². The number of anilines is 1. The van der Waals surface area contributed by atoms with Gasteiger partial charge in [-0.15, -0.1) is 0 Å². The smallest absolute Gasteiger partial charge is 0.238 e. The molecule has 0 aliphatic heterocycles. The highest BCUT2D eigenvalue weighted by atomic mass is 16.5. The summed E-state index contributed by atoms with van der Waals surface area (Å²) in [5.74, 6) is 1.07. The summed E-state index contributed by atoms with van der Waals surface area (Å²) in [6.07, 6.45) is 0. The van der Waals surface area contributed by atoms with Crippen molar-refractivity contribution in [2.45, 2.75) is 6.92 Å². The van der Waals surface area contributed by atoms with Crippen LogP contribution in [-0.4, -0.2) is 32.0 Å². The van der Waals surface area contributed by atoms with Gasteiger partial charge in [-0.3, -0.25) is 14.9 Å². The van der Waals surface area contributed by atoms with Gasteiger partial charge in [-0.25, -0.2) is 0 Å². The maximum Gasteiger partial charge on any atom is 0.238 e. The van der Waals surface area contributed by atoms with E-state index in [2.05, 4.69) is 16.0 Å². The molecule has 6 nitrogen and oxygen atoms in total. The predicted octanol–water partition coefficient (Wildman–Crippen LogP) is 2.06. The van der Waals surface area contributed by atoms with Crippen molar-refractivity contribution < 1.29 is 14.3 Å². The molecule has 2 aromatic carbocycles. The van der Waals surface area contributed by atoms with Crippen molar-refractivity contribution in [2.24, 2.45) is 0 Å². The number of ether oxygens (including phenoxy) is 1. The van der Waals surface area contributed by atoms with Crippen LogP contribution in [0.3, 0.4) is 0 Å². The third-order valence-electron chi connectivity index (χ3n) is 3.24. The second-order valence-electron chi connectivity index (χ2n) is 5.26. The minimum Gasteiger partial charge on any atom is -0.457 e. The van der Waals surface area contributed by atoms with Crippen molar-refractivity contribution in [1.29, 1.82) is 0 Å². The number of benzene rings is 2. The van der Waals surface area contributed by atoms with Crippen LogP contribution in [0, 0.1) is 6.92 Å². The van der Waals surface area contributed by atoms with Crippen molar-refractivity contribution in [3.8, 4) is 11.5 Å². The molecule has 2 amide bonds. The molecule has 6 heteroatoms. The Bertz CT molecular complexity index is 682. The van der Waals surface area contributed by atoms with Crippen LogP contribution in [0.4, 0.5) is 5.69 Å². The van der Waals surface area contributed by atoms with Gasteiger partial charge >= 0.3 is 0 Å². The molecule has 0 atom stereocenters. The van der Waals surface area contributed by atoms with Crippen LogP contribution in [0.2, 0.25) is 0 Å². The van der Waals surface area contributed by atoms with Gasteiger partial charge in [-0.05, 0) is 43.3 Å². The number of carbonyl (C=O) groups is 2. The van der Waals surface area contributed by atoms with Crippen LogP contribution >= 0.6 is 0 Å². The van der Waals surface area contributed by atoms with E-state index in [-0.39, 0.29) is 24.9 Å². The molecule has 0 saturated heterocycles. The van der Waals surface area contributed by atoms with Crippen LogP contribution < -0.4 is 20.7 Å². The zero-order chi connectivity index (χ0) is 17.4. The Morgan fingerprint density at radius 2 is 1.42 bits per heavy atom. The van der Waals surface area contributed by atoms with Crippen molar-refractivity contribution in [3.63, 3.8) is 0 Å². The van der Waals surface area contributed by atoms with Crippen LogP contribution in [0.15, 0.2) is 48.5 Å². The lowest BCUT2D eigenvalue weighted by atomic mass is 10.2. The normalized spacial score (nSPS) is 10.1. The number of hydrogen-bond acceptors (Lipinski definition) is 4. The summed E-state index contributed by atoms with van der Waals surface area (Å²) in [7, 11) is 1.55. The van der Waals surface area contributed by atoms with Gasteiger partial charge in [0.25, 0.3) is 0 Å². The van der Waals surface area contributed by atoms with Gasteiger partial charge in [-0.1, -0.05) is 17.7 Å². The summed E-state index contributed by atoms with van der Waals surface area (Å²) in [6.45, 7) is 2.19. The Hall–Kier alpha value is -2.86. The lowest BCUT2D eigenvalue weighted by Crippen LogP contribution is -2.36. The van der Waals surface area contributed by atoms with E-state index in [4.69, 9.17) is 4.74 Å². The van der Waals surface area contributed by atoms with Crippen molar-refractivity contribution >= 4 is 17.5 Å². The first-order valence-electron chi connectivity index (χ1n) is 7.62. The Morgan fingerprint density at radius 1 is 0.875 bits per heavy atom. The van der Waals surface area contributed by atoms with Gasteiger partial charge in [0.1, 0.15) is 11.5 Å². The fourth-order valence-electron chi connectivity index (χ4n) is 1.93. The van der Waals surface area contributed by atoms with Crippen LogP contribution in [0.25, 0.3) is 0 Å². The summed E-state index contributed by atoms with van der Waals surface area (Å²) in [5, 5.41) is 7.97. The lowest BCUT2D eigenvalue weighted by molar-refractivity contribution is -0.119. The zero-order valence-electron chi connectivity index (χ0n) is 13.8. The third kappa shape index (κ3) is 5.73. The van der Waals surface area contributed by atoms with Crippen molar-refractivity contribution in [2.75, 3.05) is 25.5 Å². The molecule has 0 saturated carbocycles. The van der Waals surface area contributed by atoms with E-state index in [1.54, 1.807) is 31.3 Å². The number of carbonyl (C=O) groups excluding carboxylic acids is 2. The van der Waals surface area contributed by atoms with E-state index in [9.17, 15) is 9.59 Å². The molecule has 0 aliphatic rings. The molecule has 3 N–H and O–H groups in total. The highest BCUT2D eigenvalue weighted by Crippen LogP contribution is 2.23. The average molecular weight is 327 g/mol. The Morgan fingerprint density at radius 3 is 2.00 bits per heavy atom. The summed E-state index contributed by atoms with van der Waals surface area (Å²) in [5.41, 5.74) is 1.84. The molecule has 0 unspecified atom stereocenters. The van der Waals surface area contributed by atoms with Crippen LogP contribution in [0.5, 0.6) is 11.5 Å². The number of hydrogen-bond donors (Lipinski definition) is 3. The Kier molecular flexibility index (Phi) is 6.33. The van der Waals surface area contributed by atoms with Crippen LogP contribution in [-0.2, 0) is 9.59 Å². The average Bonchev–Trinajstić information content (AvgIpc) is 2.58. The van der Waals surface area contributed by atoms with E-state index >= 15 is 0 Å². The number of aryl methyl sites for hydroxylation is 1. The van der Waals surface area contributed by atoms with Gasteiger partial charge in [0.05, 0.1) is 13.1 Å². The molecule has 2 aromatic rings. The first-order valence-corrected chi connectivity index (χ1v) is 7.62. The maximum absolute atomic E-state index is 11.8. The van der Waals surface area contributed by atoms with Crippen molar-refractivity contribution in [3.05, 3.63) is 54.1 Å². The second kappa shape index (κ2) is 8.69. The number of rotatable bonds is 7. The quantitative estimate of drug-likeness (QED) is 0.727. The molecule has 0 aromatic heterocycles. The number of likely N-dealkylation sites (N-methyl/N-ethyl adjacent to an activating group) is 1. The van der Waals surface area contributed by atoms with E-state index in [1.165, 1.54) is 5.56 Å². The number of amides is 2. The number of nitrogens with one attached hydrogen (secondary N) is 3. The summed E-state index contributed by atoms with van der Waals surface area (Å²) in [4.78, 5) is 22.8. The molecule has 0 radical (unpaired) electrons. The van der Waals surface area contributed by atoms with E-state index in [1.807, 2.05) is 31.2 Å². The zero-order valence-corrected chi connectivity index (χ0v) is 13.8. The fraction of sp³-hybridized carbons (Fsp3) is 0.222. The molecular weight excluding hydrogens is 306 g/mol. The molecule has 0 aliphatic carbocycles. The third-order valence-corrected chi connectivity index (χ3v) is 3.24. The van der Waals surface area contributed by atoms with Crippen LogP contribution in [0.1, 0.15) is 5.56 Å². The first-order chi connectivity index (χ1) is 11.6. The van der Waals surface area contributed by atoms with Gasteiger partial charge in [-0.2, -0.15) is 0 Å². The molecule has 0 bridgehead atoms. The molecule has 0 spiro atoms. The largest absolute Gasteiger partial charge is 0.457 e. The molecule has 0 fully saturated rings. The Balaban J connectivity index is 1.82. The summed E-state index contributed by atoms with van der Waals surface area (Å²) < 4.78 is 5.73. The minimum absolute atomic E-state index is 0.0645. The van der Waals surface area contributed by atoms with Gasteiger partial charge in [0.2, 0.25) is 11.8 Å². The monoisotopic (exact) mass is 327 g/mol. The standard InChI is InChI=1S/C18H21N3O3/c1-13-3-7-15(8-4-13)24-16-9-5-14(6-10-16)21-18(23)12-20-11-17(22)19-2/h3-10,20H,11-12H2,1-2H3,(H,19,22)(H,21,23). The van der Waals surface area contributed by atoms with Gasteiger partial charge in [0, 0.05) is 12.7 Å². The van der Waals surface area contributed by atoms with Gasteiger partial charge in [0.15, 0.2) is 0 Å². The molecule has 0 heterocycles. The molecular formula is C18H21N3O3. The first kappa shape index (κ1) is 17.5. The Labute approximate surface area is 141 Å². The second-order valence-corrected chi connectivity index (χ2v) is 5.26. The topological polar surface area (TPSA) is 79.5 Å². The molecule has 2 rings (SSSR count). The maximum atomic E-state index is 11.8. The minimum atomic E-state index is -0.217. The van der Waals surface area contributed by atoms with Gasteiger partial charge < -0.3 is 15.4 Å². The highest BCUT2D eigenvalue weighted by molar-refractivity contribution is 5.92. The summed E-state index contributed by atoms with van der Waals surface area (Å²) >= 11 is 0. The molecule has 24 heavy (non-hydrogen) atoms. The van der Waals surface area contributed by atoms with E-state index in [0.29, 0.717) is 11.4 Å². The van der Waals surface area contributed by atoms with Crippen molar-refractivity contribution in [1.82, 2.24) is 10.6 Å².